The van der Waals surface area contributed by atoms with Crippen LogP contribution >= 0.6 is 0 Å². The Morgan fingerprint density at radius 3 is 2.51 bits per heavy atom. The van der Waals surface area contributed by atoms with E-state index in [1.165, 1.54) is 0 Å². The molecule has 4 rings (SSSR count). The fourth-order valence-corrected chi connectivity index (χ4v) is 4.42. The summed E-state index contributed by atoms with van der Waals surface area (Å²) < 4.78 is 66.0. The minimum Gasteiger partial charge on any atom is -0.476 e. The molecule has 12 heteroatoms. The second kappa shape index (κ2) is 12.3. The lowest BCUT2D eigenvalue weighted by Gasteiger charge is -2.32. The van der Waals surface area contributed by atoms with Crippen LogP contribution in [0, 0.1) is 5.82 Å². The van der Waals surface area contributed by atoms with E-state index in [1.54, 1.807) is 0 Å². The molecule has 1 aliphatic carbocycles. The summed E-state index contributed by atoms with van der Waals surface area (Å²) in [6, 6.07) is 13.1. The lowest BCUT2D eigenvalue weighted by Crippen LogP contribution is -2.47. The number of nitrogens with zero attached hydrogens (tertiary/aromatic N) is 2. The number of carbonyl (C=O) groups excluding carboxylic acids is 1. The van der Waals surface area contributed by atoms with Crippen LogP contribution in [0.1, 0.15) is 52.9 Å². The molecule has 8 nitrogen and oxygen atoms in total. The van der Waals surface area contributed by atoms with Gasteiger partial charge in [0.15, 0.2) is 5.69 Å². The number of aromatic nitrogens is 2. The van der Waals surface area contributed by atoms with Crippen LogP contribution in [0.5, 0.6) is 5.88 Å². The van der Waals surface area contributed by atoms with Crippen LogP contribution in [0.3, 0.4) is 0 Å². The van der Waals surface area contributed by atoms with Gasteiger partial charge in [-0.2, -0.15) is 18.3 Å². The number of halogens is 4. The molecule has 1 heterocycles. The first-order valence-corrected chi connectivity index (χ1v) is 12.3. The van der Waals surface area contributed by atoms with E-state index in [0.717, 1.165) is 47.7 Å². The maximum absolute atomic E-state index is 14.4. The number of aromatic carboxylic acids is 1. The highest BCUT2D eigenvalue weighted by molar-refractivity contribution is 5.85. The third-order valence-corrected chi connectivity index (χ3v) is 6.37. The first kappa shape index (κ1) is 28.1. The number of amides is 1. The van der Waals surface area contributed by atoms with Gasteiger partial charge in [-0.15, -0.1) is 0 Å². The molecule has 1 fully saturated rings. The zero-order valence-electron chi connectivity index (χ0n) is 20.8. The molecule has 0 unspecified atom stereocenters. The van der Waals surface area contributed by atoms with Crippen LogP contribution in [0.25, 0.3) is 0 Å². The van der Waals surface area contributed by atoms with Crippen molar-refractivity contribution in [1.29, 1.82) is 0 Å². The molecule has 208 valence electrons. The molecule has 1 aliphatic rings. The second-order valence-corrected chi connectivity index (χ2v) is 9.19. The molecule has 0 radical (unpaired) electrons. The van der Waals surface area contributed by atoms with Gasteiger partial charge in [0.2, 0.25) is 11.8 Å². The number of hydrogen-bond donors (Lipinski definition) is 2. The summed E-state index contributed by atoms with van der Waals surface area (Å²) in [5.41, 5.74) is -1.27. The first-order valence-electron chi connectivity index (χ1n) is 12.3. The van der Waals surface area contributed by atoms with E-state index in [9.17, 15) is 32.3 Å². The van der Waals surface area contributed by atoms with Crippen molar-refractivity contribution in [2.45, 2.75) is 63.8 Å². The fourth-order valence-electron chi connectivity index (χ4n) is 4.42. The van der Waals surface area contributed by atoms with Crippen molar-refractivity contribution in [3.8, 4) is 5.88 Å². The van der Waals surface area contributed by atoms with Gasteiger partial charge in [0.1, 0.15) is 19.0 Å². The predicted molar refractivity (Wildman–Crippen MR) is 130 cm³/mol. The number of carboxylic acids is 1. The number of hydrogen-bond acceptors (Lipinski definition) is 5. The number of nitrogens with one attached hydrogen (secondary N) is 1. The molecule has 0 spiro atoms. The average Bonchev–Trinajstić information content (AvgIpc) is 3.30. The Kier molecular flexibility index (Phi) is 8.85. The maximum atomic E-state index is 14.4. The summed E-state index contributed by atoms with van der Waals surface area (Å²) in [5, 5.41) is 16.1. The van der Waals surface area contributed by atoms with Gasteiger partial charge in [-0.3, -0.25) is 4.79 Å². The van der Waals surface area contributed by atoms with Crippen molar-refractivity contribution in [2.24, 2.45) is 0 Å². The fraction of sp³-hybridized carbons (Fsp3) is 0.370. The van der Waals surface area contributed by atoms with Crippen molar-refractivity contribution in [1.82, 2.24) is 15.1 Å². The number of carbonyl (C=O) groups is 2. The topological polar surface area (TPSA) is 103 Å². The number of carboxylic acid groups (broad SMARTS) is 1. The van der Waals surface area contributed by atoms with Gasteiger partial charge < -0.3 is 19.9 Å². The van der Waals surface area contributed by atoms with Gasteiger partial charge in [0.25, 0.3) is 0 Å². The summed E-state index contributed by atoms with van der Waals surface area (Å²) in [6.45, 7) is -0.668. The van der Waals surface area contributed by atoms with Crippen LogP contribution in [-0.2, 0) is 35.5 Å². The van der Waals surface area contributed by atoms with Crippen LogP contribution in [0.15, 0.2) is 54.6 Å². The van der Waals surface area contributed by atoms with Crippen LogP contribution in [0.4, 0.5) is 17.6 Å². The molecule has 3 aromatic rings. The smallest absolute Gasteiger partial charge is 0.419 e. The second-order valence-electron chi connectivity index (χ2n) is 9.19. The van der Waals surface area contributed by atoms with Gasteiger partial charge >= 0.3 is 12.1 Å². The molecule has 0 bridgehead atoms. The summed E-state index contributed by atoms with van der Waals surface area (Å²) in [7, 11) is 0. The Bertz CT molecular complexity index is 1300. The Balaban J connectivity index is 1.42. The SMILES string of the molecule is O=C(Cn1nc(C(=O)O)cc1OCc1cccc(C(F)(F)F)c1F)N[C@H]1CCCC[C@@H]1OCc1ccccc1. The number of ether oxygens (including phenoxy) is 2. The minimum atomic E-state index is -4.89. The Hall–Kier alpha value is -3.93. The monoisotopic (exact) mass is 549 g/mol. The Labute approximate surface area is 221 Å². The van der Waals surface area contributed by atoms with Crippen molar-refractivity contribution in [3.05, 3.63) is 82.8 Å². The summed E-state index contributed by atoms with van der Waals surface area (Å²) >= 11 is 0. The largest absolute Gasteiger partial charge is 0.476 e. The van der Waals surface area contributed by atoms with Crippen LogP contribution in [-0.4, -0.2) is 38.9 Å². The van der Waals surface area contributed by atoms with Gasteiger partial charge in [-0.1, -0.05) is 55.3 Å². The molecule has 2 atom stereocenters. The van der Waals surface area contributed by atoms with E-state index in [-0.39, 0.29) is 23.6 Å². The molecular formula is C27H27F4N3O5. The third-order valence-electron chi connectivity index (χ3n) is 6.37. The van der Waals surface area contributed by atoms with Gasteiger partial charge in [-0.25, -0.2) is 13.9 Å². The van der Waals surface area contributed by atoms with Gasteiger partial charge in [0, 0.05) is 11.6 Å². The van der Waals surface area contributed by atoms with Crippen molar-refractivity contribution in [2.75, 3.05) is 0 Å². The van der Waals surface area contributed by atoms with E-state index >= 15 is 0 Å². The molecule has 1 aromatic heterocycles. The quantitative estimate of drug-likeness (QED) is 0.347. The minimum absolute atomic E-state index is 0.208. The average molecular weight is 550 g/mol. The van der Waals surface area contributed by atoms with Gasteiger partial charge in [0.05, 0.1) is 24.3 Å². The summed E-state index contributed by atoms with van der Waals surface area (Å²) in [4.78, 5) is 24.4. The lowest BCUT2D eigenvalue weighted by atomic mass is 9.92. The summed E-state index contributed by atoms with van der Waals surface area (Å²) in [6.07, 6.45) is -1.79. The van der Waals surface area contributed by atoms with Crippen molar-refractivity contribution >= 4 is 11.9 Å². The van der Waals surface area contributed by atoms with Crippen LogP contribution in [0.2, 0.25) is 0 Å². The van der Waals surface area contributed by atoms with Crippen molar-refractivity contribution in [3.63, 3.8) is 0 Å². The molecule has 2 N–H and O–H groups in total. The van der Waals surface area contributed by atoms with E-state index in [4.69, 9.17) is 9.47 Å². The summed E-state index contributed by atoms with van der Waals surface area (Å²) in [5.74, 6) is -3.58. The zero-order chi connectivity index (χ0) is 28.0. The molecule has 1 amide bonds. The number of benzene rings is 2. The normalized spacial score (nSPS) is 17.5. The van der Waals surface area contributed by atoms with E-state index in [0.29, 0.717) is 19.1 Å². The van der Waals surface area contributed by atoms with Crippen molar-refractivity contribution < 1.29 is 41.7 Å². The van der Waals surface area contributed by atoms with E-state index in [2.05, 4.69) is 10.4 Å². The molecule has 2 aromatic carbocycles. The predicted octanol–water partition coefficient (Wildman–Crippen LogP) is 4.96. The highest BCUT2D eigenvalue weighted by atomic mass is 19.4. The molecule has 0 aliphatic heterocycles. The zero-order valence-corrected chi connectivity index (χ0v) is 20.8. The lowest BCUT2D eigenvalue weighted by molar-refractivity contribution is -0.140. The first-order chi connectivity index (χ1) is 18.6. The van der Waals surface area contributed by atoms with Crippen LogP contribution < -0.4 is 10.1 Å². The standard InChI is InChI=1S/C27H27F4N3O5/c28-25-18(9-6-10-19(25)27(29,30)31)16-39-24-13-21(26(36)37)33-34(24)14-23(35)32-20-11-4-5-12-22(20)38-15-17-7-2-1-3-8-17/h1-3,6-10,13,20,22H,4-5,11-12,14-16H2,(H,32,35)(H,36,37)/t20-,22-/m0/s1. The van der Waals surface area contributed by atoms with E-state index < -0.39 is 48.3 Å². The molecule has 39 heavy (non-hydrogen) atoms. The molecule has 0 saturated heterocycles. The Morgan fingerprint density at radius 1 is 1.05 bits per heavy atom. The van der Waals surface area contributed by atoms with Gasteiger partial charge in [-0.05, 0) is 24.5 Å². The highest BCUT2D eigenvalue weighted by Crippen LogP contribution is 2.32. The maximum Gasteiger partial charge on any atom is 0.419 e. The van der Waals surface area contributed by atoms with E-state index in [1.807, 2.05) is 30.3 Å². The highest BCUT2D eigenvalue weighted by Gasteiger charge is 2.35. The third kappa shape index (κ3) is 7.34. The molecule has 1 saturated carbocycles. The Morgan fingerprint density at radius 2 is 1.79 bits per heavy atom. The number of alkyl halides is 3. The number of rotatable bonds is 10. The molecular weight excluding hydrogens is 522 g/mol.